The SMILES string of the molecule is CNC(=O)C(C)(Cc1ccc(I)cc1)C(=O)O. The summed E-state index contributed by atoms with van der Waals surface area (Å²) >= 11 is 2.17. The van der Waals surface area contributed by atoms with E-state index in [1.54, 1.807) is 0 Å². The van der Waals surface area contributed by atoms with Crippen LogP contribution in [0, 0.1) is 8.99 Å². The Balaban J connectivity index is 2.99. The third kappa shape index (κ3) is 3.18. The van der Waals surface area contributed by atoms with E-state index in [-0.39, 0.29) is 6.42 Å². The minimum absolute atomic E-state index is 0.179. The van der Waals surface area contributed by atoms with E-state index in [0.717, 1.165) is 9.13 Å². The molecule has 0 aliphatic carbocycles. The predicted molar refractivity (Wildman–Crippen MR) is 72.7 cm³/mol. The predicted octanol–water partition coefficient (Wildman–Crippen LogP) is 1.67. The van der Waals surface area contributed by atoms with Crippen molar-refractivity contribution in [1.82, 2.24) is 5.32 Å². The molecule has 5 heteroatoms. The zero-order chi connectivity index (χ0) is 13.1. The van der Waals surface area contributed by atoms with Crippen LogP contribution in [0.1, 0.15) is 12.5 Å². The van der Waals surface area contributed by atoms with Crippen molar-refractivity contribution < 1.29 is 14.7 Å². The Kier molecular flexibility index (Phi) is 4.50. The highest BCUT2D eigenvalue weighted by atomic mass is 127. The second-order valence-electron chi connectivity index (χ2n) is 4.02. The Bertz CT molecular complexity index is 430. The van der Waals surface area contributed by atoms with Crippen LogP contribution in [0.15, 0.2) is 24.3 Å². The molecule has 1 amide bonds. The minimum Gasteiger partial charge on any atom is -0.480 e. The Morgan fingerprint density at radius 1 is 1.35 bits per heavy atom. The lowest BCUT2D eigenvalue weighted by Gasteiger charge is -2.22. The van der Waals surface area contributed by atoms with Crippen molar-refractivity contribution in [1.29, 1.82) is 0 Å². The summed E-state index contributed by atoms with van der Waals surface area (Å²) < 4.78 is 1.07. The zero-order valence-electron chi connectivity index (χ0n) is 9.66. The molecule has 0 bridgehead atoms. The van der Waals surface area contributed by atoms with Crippen molar-refractivity contribution in [2.45, 2.75) is 13.3 Å². The van der Waals surface area contributed by atoms with Crippen molar-refractivity contribution in [3.8, 4) is 0 Å². The fraction of sp³-hybridized carbons (Fsp3) is 0.333. The van der Waals surface area contributed by atoms with Gasteiger partial charge in [0.2, 0.25) is 5.91 Å². The molecule has 0 heterocycles. The van der Waals surface area contributed by atoms with E-state index in [0.29, 0.717) is 0 Å². The van der Waals surface area contributed by atoms with Crippen LogP contribution in [0.5, 0.6) is 0 Å². The van der Waals surface area contributed by atoms with Gasteiger partial charge in [-0.3, -0.25) is 9.59 Å². The van der Waals surface area contributed by atoms with Crippen LogP contribution < -0.4 is 5.32 Å². The van der Waals surface area contributed by atoms with Crippen molar-refractivity contribution in [2.24, 2.45) is 5.41 Å². The molecule has 0 spiro atoms. The highest BCUT2D eigenvalue weighted by Gasteiger charge is 2.40. The molecule has 0 saturated carbocycles. The van der Waals surface area contributed by atoms with Crippen LogP contribution >= 0.6 is 22.6 Å². The molecule has 17 heavy (non-hydrogen) atoms. The lowest BCUT2D eigenvalue weighted by molar-refractivity contribution is -0.154. The van der Waals surface area contributed by atoms with E-state index < -0.39 is 17.3 Å². The molecule has 0 aromatic heterocycles. The molecular formula is C12H14INO3. The maximum Gasteiger partial charge on any atom is 0.319 e. The van der Waals surface area contributed by atoms with Gasteiger partial charge in [-0.15, -0.1) is 0 Å². The number of halogens is 1. The number of carbonyl (C=O) groups is 2. The fourth-order valence-electron chi connectivity index (χ4n) is 1.54. The van der Waals surface area contributed by atoms with Gasteiger partial charge < -0.3 is 10.4 Å². The largest absolute Gasteiger partial charge is 0.480 e. The molecule has 2 N–H and O–H groups in total. The zero-order valence-corrected chi connectivity index (χ0v) is 11.8. The quantitative estimate of drug-likeness (QED) is 0.643. The number of aliphatic carboxylic acids is 1. The van der Waals surface area contributed by atoms with Gasteiger partial charge in [-0.05, 0) is 53.6 Å². The van der Waals surface area contributed by atoms with Crippen LogP contribution in [0.25, 0.3) is 0 Å². The van der Waals surface area contributed by atoms with E-state index in [1.807, 2.05) is 24.3 Å². The number of amides is 1. The average molecular weight is 347 g/mol. The maximum atomic E-state index is 11.7. The van der Waals surface area contributed by atoms with Crippen LogP contribution in [0.4, 0.5) is 0 Å². The first kappa shape index (κ1) is 14.0. The van der Waals surface area contributed by atoms with Gasteiger partial charge in [0.25, 0.3) is 0 Å². The summed E-state index contributed by atoms with van der Waals surface area (Å²) in [4.78, 5) is 22.9. The summed E-state index contributed by atoms with van der Waals surface area (Å²) in [5.41, 5.74) is -0.597. The first-order chi connectivity index (χ1) is 7.90. The molecule has 0 aliphatic rings. The van der Waals surface area contributed by atoms with E-state index in [2.05, 4.69) is 27.9 Å². The number of carboxylic acid groups (broad SMARTS) is 1. The van der Waals surface area contributed by atoms with Gasteiger partial charge in [0.15, 0.2) is 0 Å². The van der Waals surface area contributed by atoms with Gasteiger partial charge in [0.05, 0.1) is 0 Å². The molecule has 1 atom stereocenters. The summed E-state index contributed by atoms with van der Waals surface area (Å²) in [5, 5.41) is 11.6. The molecular weight excluding hydrogens is 333 g/mol. The summed E-state index contributed by atoms with van der Waals surface area (Å²) in [7, 11) is 1.44. The lowest BCUT2D eigenvalue weighted by Crippen LogP contribution is -2.44. The number of carbonyl (C=O) groups excluding carboxylic acids is 1. The highest BCUT2D eigenvalue weighted by Crippen LogP contribution is 2.24. The van der Waals surface area contributed by atoms with Crippen LogP contribution in [0.2, 0.25) is 0 Å². The van der Waals surface area contributed by atoms with Gasteiger partial charge in [0.1, 0.15) is 5.41 Å². The van der Waals surface area contributed by atoms with Crippen molar-refractivity contribution in [3.05, 3.63) is 33.4 Å². The maximum absolute atomic E-state index is 11.7. The van der Waals surface area contributed by atoms with E-state index in [4.69, 9.17) is 0 Å². The minimum atomic E-state index is -1.43. The molecule has 1 rings (SSSR count). The van der Waals surface area contributed by atoms with Crippen molar-refractivity contribution in [3.63, 3.8) is 0 Å². The molecule has 0 radical (unpaired) electrons. The summed E-state index contributed by atoms with van der Waals surface area (Å²) in [5.74, 6) is -1.60. The lowest BCUT2D eigenvalue weighted by atomic mass is 9.83. The number of hydrogen-bond acceptors (Lipinski definition) is 2. The number of nitrogens with one attached hydrogen (secondary N) is 1. The van der Waals surface area contributed by atoms with E-state index in [1.165, 1.54) is 14.0 Å². The van der Waals surface area contributed by atoms with Crippen LogP contribution in [0.3, 0.4) is 0 Å². The molecule has 92 valence electrons. The Hall–Kier alpha value is -1.11. The smallest absolute Gasteiger partial charge is 0.319 e. The second-order valence-corrected chi connectivity index (χ2v) is 5.27. The van der Waals surface area contributed by atoms with E-state index >= 15 is 0 Å². The normalized spacial score (nSPS) is 13.8. The van der Waals surface area contributed by atoms with Crippen molar-refractivity contribution in [2.75, 3.05) is 7.05 Å². The molecule has 0 aliphatic heterocycles. The summed E-state index contributed by atoms with van der Waals surface area (Å²) in [6.45, 7) is 1.44. The summed E-state index contributed by atoms with van der Waals surface area (Å²) in [6.07, 6.45) is 0.179. The van der Waals surface area contributed by atoms with Gasteiger partial charge in [-0.2, -0.15) is 0 Å². The summed E-state index contributed by atoms with van der Waals surface area (Å²) in [6, 6.07) is 7.46. The van der Waals surface area contributed by atoms with Gasteiger partial charge >= 0.3 is 5.97 Å². The Morgan fingerprint density at radius 2 is 1.88 bits per heavy atom. The molecule has 4 nitrogen and oxygen atoms in total. The Labute approximate surface area is 114 Å². The molecule has 1 aromatic rings. The third-order valence-corrected chi connectivity index (χ3v) is 3.39. The first-order valence-corrected chi connectivity index (χ1v) is 6.18. The average Bonchev–Trinajstić information content (AvgIpc) is 2.30. The van der Waals surface area contributed by atoms with Crippen LogP contribution in [-0.4, -0.2) is 24.0 Å². The van der Waals surface area contributed by atoms with Gasteiger partial charge in [0, 0.05) is 10.6 Å². The number of benzene rings is 1. The van der Waals surface area contributed by atoms with Gasteiger partial charge in [-0.1, -0.05) is 12.1 Å². The topological polar surface area (TPSA) is 66.4 Å². The standard InChI is InChI=1S/C12H14INO3/c1-12(11(16)17,10(15)14-2)7-8-3-5-9(13)6-4-8/h3-6H,7H2,1-2H3,(H,14,15)(H,16,17). The number of rotatable bonds is 4. The third-order valence-electron chi connectivity index (χ3n) is 2.67. The second kappa shape index (κ2) is 5.48. The molecule has 0 saturated heterocycles. The number of hydrogen-bond donors (Lipinski definition) is 2. The highest BCUT2D eigenvalue weighted by molar-refractivity contribution is 14.1. The first-order valence-electron chi connectivity index (χ1n) is 5.10. The Morgan fingerprint density at radius 3 is 2.29 bits per heavy atom. The van der Waals surface area contributed by atoms with Crippen LogP contribution in [-0.2, 0) is 16.0 Å². The molecule has 1 unspecified atom stereocenters. The fourth-order valence-corrected chi connectivity index (χ4v) is 1.90. The van der Waals surface area contributed by atoms with Crippen molar-refractivity contribution >= 4 is 34.5 Å². The molecule has 0 fully saturated rings. The molecule has 1 aromatic carbocycles. The van der Waals surface area contributed by atoms with Gasteiger partial charge in [-0.25, -0.2) is 0 Å². The van der Waals surface area contributed by atoms with E-state index in [9.17, 15) is 14.7 Å². The monoisotopic (exact) mass is 347 g/mol. The number of carboxylic acids is 1.